The Labute approximate surface area is 196 Å². The molecule has 5 aromatic rings. The van der Waals surface area contributed by atoms with Crippen molar-refractivity contribution >= 4 is 10.9 Å². The molecule has 0 saturated carbocycles. The summed E-state index contributed by atoms with van der Waals surface area (Å²) in [6, 6.07) is 19.5. The molecular formula is C28H23F2N3O. The van der Waals surface area contributed by atoms with Crippen LogP contribution in [0.2, 0.25) is 0 Å². The van der Waals surface area contributed by atoms with Gasteiger partial charge in [0.1, 0.15) is 5.82 Å². The molecule has 0 atom stereocenters. The van der Waals surface area contributed by atoms with Crippen molar-refractivity contribution in [1.29, 1.82) is 0 Å². The van der Waals surface area contributed by atoms with Gasteiger partial charge < -0.3 is 9.30 Å². The highest BCUT2D eigenvalue weighted by atomic mass is 19.1. The van der Waals surface area contributed by atoms with E-state index in [1.807, 2.05) is 30.6 Å². The SMILES string of the molecule is COc1ccc(-c2cnc3ccc(-c4c(-c5ccc(F)cc5)ncn4C(C)C)cc3c2)cc1F. The molecule has 0 amide bonds. The van der Waals surface area contributed by atoms with Crippen molar-refractivity contribution in [1.82, 2.24) is 14.5 Å². The number of ether oxygens (including phenoxy) is 1. The minimum atomic E-state index is -0.418. The molecule has 0 spiro atoms. The highest BCUT2D eigenvalue weighted by Crippen LogP contribution is 2.35. The normalized spacial score (nSPS) is 11.4. The van der Waals surface area contributed by atoms with Gasteiger partial charge in [-0.25, -0.2) is 13.8 Å². The summed E-state index contributed by atoms with van der Waals surface area (Å²) in [5.41, 5.74) is 5.91. The molecule has 6 heteroatoms. The first-order valence-corrected chi connectivity index (χ1v) is 11.0. The number of benzene rings is 3. The van der Waals surface area contributed by atoms with Crippen LogP contribution in [0, 0.1) is 11.6 Å². The van der Waals surface area contributed by atoms with Crippen LogP contribution in [0.1, 0.15) is 19.9 Å². The first kappa shape index (κ1) is 21.8. The lowest BCUT2D eigenvalue weighted by Gasteiger charge is -2.14. The van der Waals surface area contributed by atoms with Gasteiger partial charge in [-0.05, 0) is 74.0 Å². The second-order valence-corrected chi connectivity index (χ2v) is 8.43. The van der Waals surface area contributed by atoms with E-state index in [1.54, 1.807) is 24.4 Å². The molecule has 170 valence electrons. The minimum absolute atomic E-state index is 0.180. The molecule has 0 aliphatic carbocycles. The zero-order valence-corrected chi connectivity index (χ0v) is 19.1. The number of halogens is 2. The van der Waals surface area contributed by atoms with Crippen LogP contribution in [0.5, 0.6) is 5.75 Å². The molecule has 0 unspecified atom stereocenters. The Bertz CT molecular complexity index is 1490. The first-order chi connectivity index (χ1) is 16.4. The molecule has 0 aliphatic heterocycles. The minimum Gasteiger partial charge on any atom is -0.494 e. The Morgan fingerprint density at radius 2 is 1.50 bits per heavy atom. The highest BCUT2D eigenvalue weighted by Gasteiger charge is 2.17. The van der Waals surface area contributed by atoms with E-state index < -0.39 is 5.82 Å². The van der Waals surface area contributed by atoms with Gasteiger partial charge in [0.2, 0.25) is 0 Å². The number of methoxy groups -OCH3 is 1. The zero-order chi connectivity index (χ0) is 23.8. The second kappa shape index (κ2) is 8.71. The molecular weight excluding hydrogens is 432 g/mol. The maximum absolute atomic E-state index is 14.3. The van der Waals surface area contributed by atoms with Crippen LogP contribution < -0.4 is 4.74 Å². The lowest BCUT2D eigenvalue weighted by molar-refractivity contribution is 0.386. The topological polar surface area (TPSA) is 39.9 Å². The van der Waals surface area contributed by atoms with Crippen molar-refractivity contribution < 1.29 is 13.5 Å². The number of imidazole rings is 1. The van der Waals surface area contributed by atoms with Gasteiger partial charge >= 0.3 is 0 Å². The number of aromatic nitrogens is 3. The summed E-state index contributed by atoms with van der Waals surface area (Å²) in [4.78, 5) is 9.24. The highest BCUT2D eigenvalue weighted by molar-refractivity contribution is 5.90. The third-order valence-electron chi connectivity index (χ3n) is 5.91. The summed E-state index contributed by atoms with van der Waals surface area (Å²) in [7, 11) is 1.44. The largest absolute Gasteiger partial charge is 0.494 e. The molecule has 0 fully saturated rings. The fourth-order valence-electron chi connectivity index (χ4n) is 4.14. The van der Waals surface area contributed by atoms with Crippen molar-refractivity contribution in [2.45, 2.75) is 19.9 Å². The van der Waals surface area contributed by atoms with Crippen LogP contribution in [0.3, 0.4) is 0 Å². The summed E-state index contributed by atoms with van der Waals surface area (Å²) in [6.45, 7) is 4.19. The number of nitrogens with zero attached hydrogens (tertiary/aromatic N) is 3. The molecule has 2 aromatic heterocycles. The fourth-order valence-corrected chi connectivity index (χ4v) is 4.14. The van der Waals surface area contributed by atoms with E-state index in [-0.39, 0.29) is 17.6 Å². The summed E-state index contributed by atoms with van der Waals surface area (Å²) >= 11 is 0. The van der Waals surface area contributed by atoms with Gasteiger partial charge in [-0.15, -0.1) is 0 Å². The summed E-state index contributed by atoms with van der Waals surface area (Å²) < 4.78 is 34.9. The average molecular weight is 456 g/mol. The van der Waals surface area contributed by atoms with Gasteiger partial charge in [0, 0.05) is 34.3 Å². The molecule has 4 nitrogen and oxygen atoms in total. The standard InChI is InChI=1S/C28H23F2N3O/c1-17(2)33-16-32-27(18-4-8-23(29)9-5-18)28(33)20-6-10-25-21(12-20)13-22(15-31-25)19-7-11-26(34-3)24(30)14-19/h4-17H,1-3H3. The lowest BCUT2D eigenvalue weighted by Crippen LogP contribution is -2.01. The molecule has 34 heavy (non-hydrogen) atoms. The number of rotatable bonds is 5. The fraction of sp³-hybridized carbons (Fsp3) is 0.143. The first-order valence-electron chi connectivity index (χ1n) is 11.0. The maximum atomic E-state index is 14.3. The van der Waals surface area contributed by atoms with E-state index in [0.717, 1.165) is 44.5 Å². The Balaban J connectivity index is 1.64. The monoisotopic (exact) mass is 455 g/mol. The predicted octanol–water partition coefficient (Wildman–Crippen LogP) is 7.30. The molecule has 2 heterocycles. The van der Waals surface area contributed by atoms with E-state index in [1.165, 1.54) is 25.3 Å². The molecule has 3 aromatic carbocycles. The summed E-state index contributed by atoms with van der Waals surface area (Å²) in [5.74, 6) is -0.499. The van der Waals surface area contributed by atoms with Crippen LogP contribution in [0.4, 0.5) is 8.78 Å². The number of pyridine rings is 1. The lowest BCUT2D eigenvalue weighted by atomic mass is 10.0. The van der Waals surface area contributed by atoms with Crippen molar-refractivity contribution in [2.75, 3.05) is 7.11 Å². The number of hydrogen-bond acceptors (Lipinski definition) is 3. The van der Waals surface area contributed by atoms with Crippen LogP contribution in [0.15, 0.2) is 79.3 Å². The molecule has 0 saturated heterocycles. The number of fused-ring (bicyclic) bond motifs is 1. The van der Waals surface area contributed by atoms with E-state index in [4.69, 9.17) is 4.74 Å². The third kappa shape index (κ3) is 3.92. The predicted molar refractivity (Wildman–Crippen MR) is 131 cm³/mol. The van der Waals surface area contributed by atoms with E-state index in [9.17, 15) is 8.78 Å². The molecule has 0 radical (unpaired) electrons. The number of hydrogen-bond donors (Lipinski definition) is 0. The van der Waals surface area contributed by atoms with Crippen LogP contribution in [-0.2, 0) is 0 Å². The van der Waals surface area contributed by atoms with Crippen molar-refractivity contribution in [3.63, 3.8) is 0 Å². The quantitative estimate of drug-likeness (QED) is 0.279. The molecule has 0 N–H and O–H groups in total. The Morgan fingerprint density at radius 1 is 0.794 bits per heavy atom. The van der Waals surface area contributed by atoms with Crippen molar-refractivity contribution in [3.8, 4) is 39.4 Å². The van der Waals surface area contributed by atoms with Crippen LogP contribution in [-0.4, -0.2) is 21.6 Å². The van der Waals surface area contributed by atoms with Crippen molar-refractivity contribution in [2.24, 2.45) is 0 Å². The molecule has 0 aliphatic rings. The zero-order valence-electron chi connectivity index (χ0n) is 19.1. The van der Waals surface area contributed by atoms with E-state index in [0.29, 0.717) is 0 Å². The smallest absolute Gasteiger partial charge is 0.165 e. The van der Waals surface area contributed by atoms with Gasteiger partial charge in [-0.1, -0.05) is 12.1 Å². The Kier molecular flexibility index (Phi) is 5.57. The van der Waals surface area contributed by atoms with E-state index >= 15 is 0 Å². The van der Waals surface area contributed by atoms with Gasteiger partial charge in [0.05, 0.1) is 30.3 Å². The van der Waals surface area contributed by atoms with Crippen molar-refractivity contribution in [3.05, 3.63) is 90.9 Å². The molecule has 0 bridgehead atoms. The summed E-state index contributed by atoms with van der Waals surface area (Å²) in [6.07, 6.45) is 3.56. The van der Waals surface area contributed by atoms with Crippen LogP contribution in [0.25, 0.3) is 44.5 Å². The average Bonchev–Trinajstić information content (AvgIpc) is 3.29. The van der Waals surface area contributed by atoms with Gasteiger partial charge in [0.25, 0.3) is 0 Å². The third-order valence-corrected chi connectivity index (χ3v) is 5.91. The van der Waals surface area contributed by atoms with Crippen LogP contribution >= 0.6 is 0 Å². The van der Waals surface area contributed by atoms with Gasteiger partial charge in [0.15, 0.2) is 11.6 Å². The maximum Gasteiger partial charge on any atom is 0.165 e. The molecule has 5 rings (SSSR count). The Morgan fingerprint density at radius 3 is 2.21 bits per heavy atom. The van der Waals surface area contributed by atoms with Gasteiger partial charge in [-0.2, -0.15) is 0 Å². The Hall–Kier alpha value is -4.06. The second-order valence-electron chi connectivity index (χ2n) is 8.43. The summed E-state index contributed by atoms with van der Waals surface area (Å²) in [5, 5.41) is 0.924. The van der Waals surface area contributed by atoms with E-state index in [2.05, 4.69) is 34.4 Å². The van der Waals surface area contributed by atoms with Gasteiger partial charge in [-0.3, -0.25) is 4.98 Å².